The third-order valence-corrected chi connectivity index (χ3v) is 9.59. The highest BCUT2D eigenvalue weighted by Gasteiger charge is 2.32. The second-order valence-corrected chi connectivity index (χ2v) is 13.0. The van der Waals surface area contributed by atoms with E-state index in [1.807, 2.05) is 72.8 Å². The predicted octanol–water partition coefficient (Wildman–Crippen LogP) is 5.60. The van der Waals surface area contributed by atoms with Gasteiger partial charge in [-0.3, -0.25) is 0 Å². The van der Waals surface area contributed by atoms with E-state index in [0.717, 1.165) is 39.1 Å². The van der Waals surface area contributed by atoms with Gasteiger partial charge in [0, 0.05) is 30.0 Å². The van der Waals surface area contributed by atoms with E-state index >= 15 is 0 Å². The summed E-state index contributed by atoms with van der Waals surface area (Å²) in [5.74, 6) is 1.39. The van der Waals surface area contributed by atoms with Gasteiger partial charge in [0.05, 0.1) is 30.3 Å². The second kappa shape index (κ2) is 14.4. The van der Waals surface area contributed by atoms with Crippen molar-refractivity contribution in [2.75, 3.05) is 18.1 Å². The van der Waals surface area contributed by atoms with Crippen LogP contribution in [0.3, 0.4) is 0 Å². The van der Waals surface area contributed by atoms with E-state index in [1.54, 1.807) is 42.1 Å². The number of hydrogen-bond donors (Lipinski definition) is 3. The predicted molar refractivity (Wildman–Crippen MR) is 165 cm³/mol. The Morgan fingerprint density at radius 2 is 1.52 bits per heavy atom. The molecule has 1 aliphatic heterocycles. The summed E-state index contributed by atoms with van der Waals surface area (Å²) in [6.45, 7) is 0.284. The van der Waals surface area contributed by atoms with Crippen molar-refractivity contribution in [2.45, 2.75) is 43.0 Å². The van der Waals surface area contributed by atoms with Crippen molar-refractivity contribution < 1.29 is 28.1 Å². The Hall–Kier alpha value is -3.02. The molecule has 9 heteroatoms. The van der Waals surface area contributed by atoms with E-state index in [1.165, 1.54) is 0 Å². The summed E-state index contributed by atoms with van der Waals surface area (Å²) in [6.07, 6.45) is -0.135. The molecule has 1 aliphatic rings. The van der Waals surface area contributed by atoms with Crippen LogP contribution in [0.1, 0.15) is 41.1 Å². The number of ether oxygens (including phenoxy) is 2. The van der Waals surface area contributed by atoms with Crippen molar-refractivity contribution >= 4 is 21.8 Å². The van der Waals surface area contributed by atoms with Gasteiger partial charge < -0.3 is 19.7 Å². The van der Waals surface area contributed by atoms with Gasteiger partial charge in [-0.25, -0.2) is 13.1 Å². The average Bonchev–Trinajstić information content (AvgIpc) is 3.04. The summed E-state index contributed by atoms with van der Waals surface area (Å²) in [7, 11) is -3.61. The number of hydrogen-bond acceptors (Lipinski definition) is 7. The minimum Gasteiger partial charge on any atom is -0.396 e. The number of benzene rings is 4. The topological polar surface area (TPSA) is 105 Å². The molecule has 1 fully saturated rings. The molecule has 4 aromatic carbocycles. The van der Waals surface area contributed by atoms with Crippen molar-refractivity contribution in [1.82, 2.24) is 4.72 Å². The summed E-state index contributed by atoms with van der Waals surface area (Å²) in [4.78, 5) is 0.233. The molecular weight excluding hydrogens is 570 g/mol. The fourth-order valence-electron chi connectivity index (χ4n) is 4.89. The van der Waals surface area contributed by atoms with Crippen LogP contribution in [0.15, 0.2) is 108 Å². The first-order valence-corrected chi connectivity index (χ1v) is 16.5. The fourth-order valence-corrected chi connectivity index (χ4v) is 6.70. The number of aliphatic hydroxyl groups excluding tert-OH is 2. The molecule has 0 spiro atoms. The highest BCUT2D eigenvalue weighted by Crippen LogP contribution is 2.39. The number of sulfonamides is 1. The molecule has 0 bridgehead atoms. The lowest BCUT2D eigenvalue weighted by Gasteiger charge is -2.36. The Kier molecular flexibility index (Phi) is 10.5. The first-order valence-electron chi connectivity index (χ1n) is 13.9. The average molecular weight is 606 g/mol. The Labute approximate surface area is 251 Å². The highest BCUT2D eigenvalue weighted by molar-refractivity contribution is 7.99. The molecule has 4 aromatic rings. The van der Waals surface area contributed by atoms with Gasteiger partial charge in [0.1, 0.15) is 0 Å². The third-order valence-electron chi connectivity index (χ3n) is 7.09. The van der Waals surface area contributed by atoms with E-state index in [-0.39, 0.29) is 36.9 Å². The van der Waals surface area contributed by atoms with Crippen LogP contribution in [0.4, 0.5) is 0 Å². The van der Waals surface area contributed by atoms with E-state index < -0.39 is 16.3 Å². The molecule has 42 heavy (non-hydrogen) atoms. The maximum absolute atomic E-state index is 12.7. The van der Waals surface area contributed by atoms with Crippen LogP contribution in [-0.4, -0.2) is 42.8 Å². The molecule has 3 atom stereocenters. The van der Waals surface area contributed by atoms with E-state index in [9.17, 15) is 18.6 Å². The van der Waals surface area contributed by atoms with Crippen LogP contribution in [0.2, 0.25) is 0 Å². The monoisotopic (exact) mass is 605 g/mol. The summed E-state index contributed by atoms with van der Waals surface area (Å²) in [5.41, 5.74) is 5.52. The van der Waals surface area contributed by atoms with Gasteiger partial charge in [0.25, 0.3) is 0 Å². The molecule has 0 saturated carbocycles. The van der Waals surface area contributed by atoms with Gasteiger partial charge in [0.2, 0.25) is 10.0 Å². The smallest absolute Gasteiger partial charge is 0.240 e. The van der Waals surface area contributed by atoms with Gasteiger partial charge in [-0.05, 0) is 52.1 Å². The van der Waals surface area contributed by atoms with Crippen molar-refractivity contribution in [3.8, 4) is 11.1 Å². The third kappa shape index (κ3) is 7.87. The van der Waals surface area contributed by atoms with Crippen LogP contribution >= 0.6 is 11.8 Å². The first-order chi connectivity index (χ1) is 20.4. The molecule has 220 valence electrons. The zero-order valence-electron chi connectivity index (χ0n) is 23.1. The van der Waals surface area contributed by atoms with Gasteiger partial charge >= 0.3 is 0 Å². The summed E-state index contributed by atoms with van der Waals surface area (Å²) in [5, 5.41) is 18.7. The van der Waals surface area contributed by atoms with Gasteiger partial charge in [0.15, 0.2) is 6.29 Å². The lowest BCUT2D eigenvalue weighted by molar-refractivity contribution is -0.245. The van der Waals surface area contributed by atoms with Crippen LogP contribution < -0.4 is 4.72 Å². The Bertz CT molecular complexity index is 1550. The van der Waals surface area contributed by atoms with Gasteiger partial charge in [-0.2, -0.15) is 11.8 Å². The molecule has 1 heterocycles. The largest absolute Gasteiger partial charge is 0.396 e. The molecule has 0 aromatic heterocycles. The Morgan fingerprint density at radius 1 is 0.786 bits per heavy atom. The summed E-state index contributed by atoms with van der Waals surface area (Å²) in [6, 6.07) is 31.9. The maximum Gasteiger partial charge on any atom is 0.240 e. The van der Waals surface area contributed by atoms with Crippen LogP contribution in [-0.2, 0) is 32.6 Å². The molecule has 7 nitrogen and oxygen atoms in total. The van der Waals surface area contributed by atoms with Crippen molar-refractivity contribution in [3.63, 3.8) is 0 Å². The fraction of sp³-hybridized carbons (Fsp3) is 0.273. The minimum absolute atomic E-state index is 0.00907. The van der Waals surface area contributed by atoms with Crippen molar-refractivity contribution in [1.29, 1.82) is 0 Å². The van der Waals surface area contributed by atoms with Crippen LogP contribution in [0.25, 0.3) is 11.1 Å². The van der Waals surface area contributed by atoms with Gasteiger partial charge in [-0.1, -0.05) is 78.9 Å². The zero-order valence-corrected chi connectivity index (χ0v) is 24.8. The second-order valence-electron chi connectivity index (χ2n) is 10.1. The SMILES string of the molecule is O=S(=O)(NCc1cccc(-c2cccc([C@@H]3O[C@H](CSCCO)C[C@H](c4ccc(CO)cc4)O3)c2)c1)c1ccccc1. The van der Waals surface area contributed by atoms with Gasteiger partial charge in [-0.15, -0.1) is 0 Å². The molecule has 0 amide bonds. The molecule has 1 saturated heterocycles. The number of thioether (sulfide) groups is 1. The van der Waals surface area contributed by atoms with Crippen molar-refractivity contribution in [3.05, 3.63) is 125 Å². The molecule has 0 radical (unpaired) electrons. The first kappa shape index (κ1) is 30.4. The molecule has 0 aliphatic carbocycles. The molecule has 5 rings (SSSR count). The number of rotatable bonds is 12. The number of nitrogens with one attached hydrogen (secondary N) is 1. The van der Waals surface area contributed by atoms with Crippen LogP contribution in [0.5, 0.6) is 0 Å². The van der Waals surface area contributed by atoms with Crippen LogP contribution in [0, 0.1) is 0 Å². The molecule has 3 N–H and O–H groups in total. The number of aliphatic hydroxyl groups is 2. The normalized spacial score (nSPS) is 19.0. The van der Waals surface area contributed by atoms with Crippen molar-refractivity contribution in [2.24, 2.45) is 0 Å². The van der Waals surface area contributed by atoms with E-state index in [4.69, 9.17) is 9.47 Å². The lowest BCUT2D eigenvalue weighted by Crippen LogP contribution is -2.31. The standard InChI is InChI=1S/C33H35NO6S2/c35-16-17-41-23-30-20-32(26-14-12-24(22-36)13-15-26)40-33(39-30)29-9-5-8-28(19-29)27-7-4-6-25(18-27)21-34-42(37,38)31-10-2-1-3-11-31/h1-15,18-19,30,32-36H,16-17,20-23H2/t30-,32+,33+/m0/s1. The van der Waals surface area contributed by atoms with E-state index in [2.05, 4.69) is 4.72 Å². The highest BCUT2D eigenvalue weighted by atomic mass is 32.2. The maximum atomic E-state index is 12.7. The molecular formula is C33H35NO6S2. The summed E-state index contributed by atoms with van der Waals surface area (Å²) >= 11 is 1.65. The Morgan fingerprint density at radius 3 is 2.26 bits per heavy atom. The Balaban J connectivity index is 1.34. The minimum atomic E-state index is -3.61. The molecule has 0 unspecified atom stereocenters. The zero-order chi connectivity index (χ0) is 29.4. The summed E-state index contributed by atoms with van der Waals surface area (Å²) < 4.78 is 40.9. The quantitative estimate of drug-likeness (QED) is 0.181. The lowest BCUT2D eigenvalue weighted by atomic mass is 9.99. The van der Waals surface area contributed by atoms with E-state index in [0.29, 0.717) is 12.2 Å².